The Morgan fingerprint density at radius 1 is 1.25 bits per heavy atom. The van der Waals surface area contributed by atoms with Gasteiger partial charge >= 0.3 is 0 Å². The fourth-order valence-corrected chi connectivity index (χ4v) is 3.25. The highest BCUT2D eigenvalue weighted by Crippen LogP contribution is 2.25. The average molecular weight is 331 g/mol. The molecule has 24 heavy (non-hydrogen) atoms. The quantitative estimate of drug-likeness (QED) is 0.837. The van der Waals surface area contributed by atoms with Gasteiger partial charge in [0.15, 0.2) is 0 Å². The van der Waals surface area contributed by atoms with Gasteiger partial charge in [0.05, 0.1) is 18.6 Å². The Morgan fingerprint density at radius 2 is 1.96 bits per heavy atom. The molecule has 0 aliphatic carbocycles. The first-order valence-corrected chi connectivity index (χ1v) is 8.48. The average Bonchev–Trinajstić information content (AvgIpc) is 3.25. The van der Waals surface area contributed by atoms with E-state index in [-0.39, 0.29) is 11.8 Å². The van der Waals surface area contributed by atoms with Crippen LogP contribution in [0, 0.1) is 0 Å². The molecule has 2 amide bonds. The van der Waals surface area contributed by atoms with E-state index in [4.69, 9.17) is 0 Å². The third-order valence-electron chi connectivity index (χ3n) is 4.91. The number of carbonyl (C=O) groups is 2. The van der Waals surface area contributed by atoms with Gasteiger partial charge in [-0.3, -0.25) is 14.3 Å². The Bertz CT molecular complexity index is 672. The molecule has 1 saturated heterocycles. The van der Waals surface area contributed by atoms with Crippen molar-refractivity contribution in [3.8, 4) is 0 Å². The van der Waals surface area contributed by atoms with Gasteiger partial charge in [0.2, 0.25) is 5.91 Å². The number of likely N-dealkylation sites (N-methyl/N-ethyl adjacent to an activating group) is 1. The number of allylic oxidation sites excluding steroid dienone is 1. The second-order valence-corrected chi connectivity index (χ2v) is 6.58. The smallest absolute Gasteiger partial charge is 0.252 e. The number of aromatic nitrogens is 2. The van der Waals surface area contributed by atoms with Gasteiger partial charge in [0, 0.05) is 50.6 Å². The molecule has 2 aliphatic rings. The van der Waals surface area contributed by atoms with Crippen molar-refractivity contribution < 1.29 is 9.59 Å². The normalized spacial score (nSPS) is 18.8. The van der Waals surface area contributed by atoms with Crippen LogP contribution in [0.2, 0.25) is 0 Å². The predicted molar refractivity (Wildman–Crippen MR) is 91.1 cm³/mol. The summed E-state index contributed by atoms with van der Waals surface area (Å²) in [7, 11) is 1.80. The summed E-state index contributed by atoms with van der Waals surface area (Å²) in [6.45, 7) is 6.68. The minimum atomic E-state index is 0.0624. The summed E-state index contributed by atoms with van der Waals surface area (Å²) in [5.41, 5.74) is 2.64. The predicted octanol–water partition coefficient (Wildman–Crippen LogP) is 1.43. The maximum Gasteiger partial charge on any atom is 0.252 e. The summed E-state index contributed by atoms with van der Waals surface area (Å²) in [4.78, 5) is 29.8. The number of aryl methyl sites for hydroxylation is 1. The van der Waals surface area contributed by atoms with Crippen LogP contribution in [0.25, 0.3) is 0 Å². The fraction of sp³-hybridized carbons (Fsp3) is 0.588. The van der Waals surface area contributed by atoms with Gasteiger partial charge in [-0.2, -0.15) is 5.10 Å². The summed E-state index contributed by atoms with van der Waals surface area (Å²) < 4.78 is 1.81. The topological polar surface area (TPSA) is 61.7 Å². The molecule has 3 rings (SSSR count). The summed E-state index contributed by atoms with van der Waals surface area (Å²) in [6, 6.07) is 0. The van der Waals surface area contributed by atoms with Gasteiger partial charge in [-0.05, 0) is 26.7 Å². The Balaban J connectivity index is 1.65. The number of hydrogen-bond acceptors (Lipinski definition) is 4. The molecule has 0 bridgehead atoms. The van der Waals surface area contributed by atoms with Crippen molar-refractivity contribution in [3.63, 3.8) is 0 Å². The molecule has 7 nitrogen and oxygen atoms in total. The SMILES string of the molecule is CC1=C(C)N(c2cnn(CCC(=O)N3CCCC3)c2)CN(C)C1=O. The van der Waals surface area contributed by atoms with Crippen molar-refractivity contribution in [3.05, 3.63) is 23.7 Å². The highest BCUT2D eigenvalue weighted by Gasteiger charge is 2.26. The molecule has 0 spiro atoms. The van der Waals surface area contributed by atoms with E-state index in [0.29, 0.717) is 19.6 Å². The van der Waals surface area contributed by atoms with Crippen LogP contribution in [0.15, 0.2) is 23.7 Å². The van der Waals surface area contributed by atoms with E-state index < -0.39 is 0 Å². The van der Waals surface area contributed by atoms with E-state index in [1.807, 2.05) is 29.6 Å². The van der Waals surface area contributed by atoms with Crippen molar-refractivity contribution in [2.24, 2.45) is 0 Å². The van der Waals surface area contributed by atoms with Crippen LogP contribution in [0.4, 0.5) is 5.69 Å². The van der Waals surface area contributed by atoms with Crippen molar-refractivity contribution in [1.29, 1.82) is 0 Å². The van der Waals surface area contributed by atoms with Crippen molar-refractivity contribution in [2.45, 2.75) is 39.7 Å². The van der Waals surface area contributed by atoms with E-state index in [1.54, 1.807) is 18.1 Å². The van der Waals surface area contributed by atoms with Crippen LogP contribution in [0.1, 0.15) is 33.1 Å². The van der Waals surface area contributed by atoms with E-state index in [2.05, 4.69) is 10.00 Å². The number of anilines is 1. The monoisotopic (exact) mass is 331 g/mol. The molecular weight excluding hydrogens is 306 g/mol. The zero-order chi connectivity index (χ0) is 17.3. The number of amides is 2. The minimum Gasteiger partial charge on any atom is -0.343 e. The number of hydrogen-bond donors (Lipinski definition) is 0. The molecule has 0 aromatic carbocycles. The maximum atomic E-state index is 12.1. The molecule has 2 aliphatic heterocycles. The van der Waals surface area contributed by atoms with E-state index in [1.165, 1.54) is 0 Å². The van der Waals surface area contributed by atoms with Crippen LogP contribution in [0.5, 0.6) is 0 Å². The first kappa shape index (κ1) is 16.5. The largest absolute Gasteiger partial charge is 0.343 e. The van der Waals surface area contributed by atoms with E-state index in [9.17, 15) is 9.59 Å². The summed E-state index contributed by atoms with van der Waals surface area (Å²) in [5.74, 6) is 0.270. The van der Waals surface area contributed by atoms with Gasteiger partial charge < -0.3 is 14.7 Å². The van der Waals surface area contributed by atoms with Gasteiger partial charge in [-0.25, -0.2) is 0 Å². The molecule has 130 valence electrons. The van der Waals surface area contributed by atoms with Gasteiger partial charge in [-0.1, -0.05) is 0 Å². The van der Waals surface area contributed by atoms with Crippen molar-refractivity contribution in [2.75, 3.05) is 31.7 Å². The summed E-state index contributed by atoms with van der Waals surface area (Å²) in [6.07, 6.45) is 6.44. The molecule has 0 N–H and O–H groups in total. The third-order valence-corrected chi connectivity index (χ3v) is 4.91. The summed E-state index contributed by atoms with van der Waals surface area (Å²) >= 11 is 0. The Labute approximate surface area is 142 Å². The lowest BCUT2D eigenvalue weighted by molar-refractivity contribution is -0.130. The molecule has 1 aromatic rings. The molecule has 1 aromatic heterocycles. The molecule has 7 heteroatoms. The van der Waals surface area contributed by atoms with Gasteiger partial charge in [0.1, 0.15) is 0 Å². The van der Waals surface area contributed by atoms with Crippen molar-refractivity contribution in [1.82, 2.24) is 19.6 Å². The first-order valence-electron chi connectivity index (χ1n) is 8.48. The maximum absolute atomic E-state index is 12.1. The lowest BCUT2D eigenvalue weighted by Gasteiger charge is -2.35. The number of likely N-dealkylation sites (tertiary alicyclic amines) is 1. The van der Waals surface area contributed by atoms with Crippen LogP contribution in [-0.4, -0.2) is 58.2 Å². The standard InChI is InChI=1S/C17H25N5O2/c1-13-14(2)22(12-19(3)17(13)24)15-10-18-21(11-15)9-6-16(23)20-7-4-5-8-20/h10-11H,4-9,12H2,1-3H3. The fourth-order valence-electron chi connectivity index (χ4n) is 3.25. The van der Waals surface area contributed by atoms with E-state index in [0.717, 1.165) is 42.9 Å². The molecule has 0 atom stereocenters. The zero-order valence-corrected chi connectivity index (χ0v) is 14.7. The summed E-state index contributed by atoms with van der Waals surface area (Å²) in [5, 5.41) is 4.37. The molecular formula is C17H25N5O2. The minimum absolute atomic E-state index is 0.0624. The molecule has 0 radical (unpaired) electrons. The Kier molecular flexibility index (Phi) is 4.59. The van der Waals surface area contributed by atoms with Crippen LogP contribution in [0.3, 0.4) is 0 Å². The zero-order valence-electron chi connectivity index (χ0n) is 14.7. The lowest BCUT2D eigenvalue weighted by Crippen LogP contribution is -2.44. The molecule has 0 saturated carbocycles. The molecule has 0 unspecified atom stereocenters. The van der Waals surface area contributed by atoms with Crippen molar-refractivity contribution >= 4 is 17.5 Å². The Morgan fingerprint density at radius 3 is 2.67 bits per heavy atom. The van der Waals surface area contributed by atoms with Crippen LogP contribution in [-0.2, 0) is 16.1 Å². The van der Waals surface area contributed by atoms with Crippen LogP contribution < -0.4 is 4.90 Å². The second kappa shape index (κ2) is 6.67. The second-order valence-electron chi connectivity index (χ2n) is 6.58. The highest BCUT2D eigenvalue weighted by molar-refractivity contribution is 5.95. The first-order chi connectivity index (χ1) is 11.5. The molecule has 3 heterocycles. The Hall–Kier alpha value is -2.31. The van der Waals surface area contributed by atoms with Gasteiger partial charge in [-0.15, -0.1) is 0 Å². The highest BCUT2D eigenvalue weighted by atomic mass is 16.2. The number of carbonyl (C=O) groups excluding carboxylic acids is 2. The van der Waals surface area contributed by atoms with Crippen LogP contribution >= 0.6 is 0 Å². The lowest BCUT2D eigenvalue weighted by atomic mass is 10.1. The van der Waals surface area contributed by atoms with E-state index >= 15 is 0 Å². The number of nitrogens with zero attached hydrogens (tertiary/aromatic N) is 5. The number of rotatable bonds is 4. The molecule has 1 fully saturated rings. The van der Waals surface area contributed by atoms with Gasteiger partial charge in [0.25, 0.3) is 5.91 Å². The third kappa shape index (κ3) is 3.16.